The molecule has 1 heterocycles. The van der Waals surface area contributed by atoms with Crippen molar-refractivity contribution in [2.45, 2.75) is 26.4 Å². The molecule has 0 fully saturated rings. The first-order valence-corrected chi connectivity index (χ1v) is 7.66. The standard InChI is InChI=1S/C17H20ClNO3/c1-11(9-12(2)20)10-19-17(21)16-8-7-15(22-16)13-5-3-4-6-14(13)18/h3-8,11-12,20H,9-10H2,1-2H3,(H,19,21). The van der Waals surface area contributed by atoms with Gasteiger partial charge in [-0.25, -0.2) is 0 Å². The minimum Gasteiger partial charge on any atom is -0.451 e. The zero-order valence-electron chi connectivity index (χ0n) is 12.7. The van der Waals surface area contributed by atoms with Gasteiger partial charge in [0.05, 0.1) is 11.1 Å². The minimum absolute atomic E-state index is 0.196. The van der Waals surface area contributed by atoms with Gasteiger partial charge in [0.15, 0.2) is 5.76 Å². The quantitative estimate of drug-likeness (QED) is 0.852. The molecule has 118 valence electrons. The van der Waals surface area contributed by atoms with Crippen molar-refractivity contribution in [2.75, 3.05) is 6.54 Å². The van der Waals surface area contributed by atoms with Crippen LogP contribution in [0.3, 0.4) is 0 Å². The Kier molecular flexibility index (Phi) is 5.63. The largest absolute Gasteiger partial charge is 0.451 e. The molecule has 2 aromatic rings. The first kappa shape index (κ1) is 16.6. The Hall–Kier alpha value is -1.78. The lowest BCUT2D eigenvalue weighted by molar-refractivity contribution is 0.0912. The summed E-state index contributed by atoms with van der Waals surface area (Å²) in [5, 5.41) is 12.7. The van der Waals surface area contributed by atoms with Crippen LogP contribution < -0.4 is 5.32 Å². The average molecular weight is 322 g/mol. The SMILES string of the molecule is CC(O)CC(C)CNC(=O)c1ccc(-c2ccccc2Cl)o1. The molecule has 5 heteroatoms. The van der Waals surface area contributed by atoms with E-state index in [1.54, 1.807) is 25.1 Å². The molecule has 4 nitrogen and oxygen atoms in total. The van der Waals surface area contributed by atoms with E-state index in [-0.39, 0.29) is 23.7 Å². The molecule has 1 amide bonds. The maximum atomic E-state index is 12.1. The van der Waals surface area contributed by atoms with Crippen molar-refractivity contribution in [3.8, 4) is 11.3 Å². The van der Waals surface area contributed by atoms with Crippen LogP contribution in [0, 0.1) is 5.92 Å². The third kappa shape index (κ3) is 4.36. The van der Waals surface area contributed by atoms with Gasteiger partial charge in [-0.3, -0.25) is 4.79 Å². The molecular weight excluding hydrogens is 302 g/mol. The molecule has 2 N–H and O–H groups in total. The van der Waals surface area contributed by atoms with Gasteiger partial charge in [-0.15, -0.1) is 0 Å². The molecule has 0 aliphatic rings. The van der Waals surface area contributed by atoms with E-state index < -0.39 is 0 Å². The molecule has 2 rings (SSSR count). The van der Waals surface area contributed by atoms with Crippen molar-refractivity contribution in [1.29, 1.82) is 0 Å². The third-order valence-corrected chi connectivity index (χ3v) is 3.65. The first-order valence-electron chi connectivity index (χ1n) is 7.28. The number of amides is 1. The van der Waals surface area contributed by atoms with Gasteiger partial charge in [-0.2, -0.15) is 0 Å². The predicted octanol–water partition coefficient (Wildman–Crippen LogP) is 3.74. The van der Waals surface area contributed by atoms with Crippen molar-refractivity contribution in [1.82, 2.24) is 5.32 Å². The number of benzene rings is 1. The highest BCUT2D eigenvalue weighted by Gasteiger charge is 2.15. The Labute approximate surface area is 135 Å². The molecule has 0 aliphatic carbocycles. The molecule has 1 aromatic carbocycles. The van der Waals surface area contributed by atoms with Gasteiger partial charge in [-0.05, 0) is 43.5 Å². The molecule has 2 unspecified atom stereocenters. The number of aliphatic hydroxyl groups is 1. The van der Waals surface area contributed by atoms with Crippen LogP contribution in [0.25, 0.3) is 11.3 Å². The topological polar surface area (TPSA) is 62.5 Å². The lowest BCUT2D eigenvalue weighted by atomic mass is 10.0. The first-order chi connectivity index (χ1) is 10.5. The summed E-state index contributed by atoms with van der Waals surface area (Å²) >= 11 is 6.11. The minimum atomic E-state index is -0.373. The molecular formula is C17H20ClNO3. The number of hydrogen-bond donors (Lipinski definition) is 2. The van der Waals surface area contributed by atoms with E-state index in [0.29, 0.717) is 23.7 Å². The summed E-state index contributed by atoms with van der Waals surface area (Å²) in [6.07, 6.45) is 0.269. The van der Waals surface area contributed by atoms with Crippen molar-refractivity contribution in [3.63, 3.8) is 0 Å². The zero-order valence-corrected chi connectivity index (χ0v) is 13.4. The number of carbonyl (C=O) groups is 1. The summed E-state index contributed by atoms with van der Waals surface area (Å²) in [5.41, 5.74) is 0.755. The summed E-state index contributed by atoms with van der Waals surface area (Å²) in [4.78, 5) is 12.1. The van der Waals surface area contributed by atoms with Crippen LogP contribution in [0.15, 0.2) is 40.8 Å². The fourth-order valence-corrected chi connectivity index (χ4v) is 2.51. The van der Waals surface area contributed by atoms with Gasteiger partial charge >= 0.3 is 0 Å². The van der Waals surface area contributed by atoms with Crippen molar-refractivity contribution < 1.29 is 14.3 Å². The van der Waals surface area contributed by atoms with Crippen LogP contribution in [0.4, 0.5) is 0 Å². The Bertz CT molecular complexity index is 636. The summed E-state index contributed by atoms with van der Waals surface area (Å²) < 4.78 is 5.58. The summed E-state index contributed by atoms with van der Waals surface area (Å²) in [7, 11) is 0. The van der Waals surface area contributed by atoms with E-state index in [4.69, 9.17) is 16.0 Å². The lowest BCUT2D eigenvalue weighted by Crippen LogP contribution is -2.29. The Balaban J connectivity index is 1.99. The molecule has 0 bridgehead atoms. The monoisotopic (exact) mass is 321 g/mol. The highest BCUT2D eigenvalue weighted by Crippen LogP contribution is 2.28. The van der Waals surface area contributed by atoms with Crippen molar-refractivity contribution in [3.05, 3.63) is 47.2 Å². The van der Waals surface area contributed by atoms with Gasteiger partial charge in [0, 0.05) is 12.1 Å². The van der Waals surface area contributed by atoms with E-state index >= 15 is 0 Å². The van der Waals surface area contributed by atoms with Crippen LogP contribution in [-0.2, 0) is 0 Å². The lowest BCUT2D eigenvalue weighted by Gasteiger charge is -2.13. The van der Waals surface area contributed by atoms with E-state index in [9.17, 15) is 9.90 Å². The second-order valence-corrected chi connectivity index (χ2v) is 5.95. The normalized spacial score (nSPS) is 13.6. The number of halogens is 1. The number of rotatable bonds is 6. The van der Waals surface area contributed by atoms with Crippen LogP contribution in [0.2, 0.25) is 5.02 Å². The molecule has 1 aromatic heterocycles. The second-order valence-electron chi connectivity index (χ2n) is 5.54. The van der Waals surface area contributed by atoms with Crippen LogP contribution in [-0.4, -0.2) is 23.7 Å². The molecule has 2 atom stereocenters. The van der Waals surface area contributed by atoms with Crippen LogP contribution in [0.5, 0.6) is 0 Å². The van der Waals surface area contributed by atoms with Crippen LogP contribution >= 0.6 is 11.6 Å². The smallest absolute Gasteiger partial charge is 0.287 e. The third-order valence-electron chi connectivity index (χ3n) is 3.32. The predicted molar refractivity (Wildman–Crippen MR) is 86.9 cm³/mol. The second kappa shape index (κ2) is 7.47. The highest BCUT2D eigenvalue weighted by atomic mass is 35.5. The fraction of sp³-hybridized carbons (Fsp3) is 0.353. The Morgan fingerprint density at radius 2 is 2.00 bits per heavy atom. The highest BCUT2D eigenvalue weighted by molar-refractivity contribution is 6.33. The number of carbonyl (C=O) groups excluding carboxylic acids is 1. The van der Waals surface area contributed by atoms with Crippen LogP contribution in [0.1, 0.15) is 30.8 Å². The maximum Gasteiger partial charge on any atom is 0.287 e. The molecule has 0 radical (unpaired) electrons. The van der Waals surface area contributed by atoms with Gasteiger partial charge in [0.2, 0.25) is 0 Å². The molecule has 0 saturated heterocycles. The van der Waals surface area contributed by atoms with Gasteiger partial charge < -0.3 is 14.8 Å². The Morgan fingerprint density at radius 3 is 2.68 bits per heavy atom. The van der Waals surface area contributed by atoms with Crippen molar-refractivity contribution in [2.24, 2.45) is 5.92 Å². The number of nitrogens with one attached hydrogen (secondary N) is 1. The summed E-state index contributed by atoms with van der Waals surface area (Å²) in [6, 6.07) is 10.7. The van der Waals surface area contributed by atoms with Gasteiger partial charge in [0.1, 0.15) is 5.76 Å². The molecule has 0 saturated carbocycles. The average Bonchev–Trinajstić information content (AvgIpc) is 2.94. The van der Waals surface area contributed by atoms with Crippen molar-refractivity contribution >= 4 is 17.5 Å². The Morgan fingerprint density at radius 1 is 1.27 bits per heavy atom. The van der Waals surface area contributed by atoms with E-state index in [0.717, 1.165) is 5.56 Å². The van der Waals surface area contributed by atoms with E-state index in [2.05, 4.69) is 5.32 Å². The number of furan rings is 1. The van der Waals surface area contributed by atoms with Gasteiger partial charge in [0.25, 0.3) is 5.91 Å². The fourth-order valence-electron chi connectivity index (χ4n) is 2.29. The summed E-state index contributed by atoms with van der Waals surface area (Å²) in [5.74, 6) is 0.740. The number of hydrogen-bond acceptors (Lipinski definition) is 3. The molecule has 0 spiro atoms. The zero-order chi connectivity index (χ0) is 16.1. The number of aliphatic hydroxyl groups excluding tert-OH is 1. The van der Waals surface area contributed by atoms with Gasteiger partial charge in [-0.1, -0.05) is 30.7 Å². The molecule has 22 heavy (non-hydrogen) atoms. The summed E-state index contributed by atoms with van der Waals surface area (Å²) in [6.45, 7) is 4.21. The van der Waals surface area contributed by atoms with E-state index in [1.807, 2.05) is 25.1 Å². The molecule has 0 aliphatic heterocycles. The van der Waals surface area contributed by atoms with E-state index in [1.165, 1.54) is 0 Å². The maximum absolute atomic E-state index is 12.1.